The minimum atomic E-state index is -1.88. The number of thiol groups is 1. The zero-order valence-corrected chi connectivity index (χ0v) is 32.1. The fourth-order valence-corrected chi connectivity index (χ4v) is 13.7. The maximum absolute atomic E-state index is 6.83. The molecule has 0 aromatic heterocycles. The van der Waals surface area contributed by atoms with Crippen LogP contribution < -0.4 is 0 Å². The first-order valence-electron chi connectivity index (χ1n) is 18.1. The molecule has 0 spiro atoms. The molecule has 0 unspecified atom stereocenters. The molecule has 0 fully saturated rings. The second kappa shape index (κ2) is 30.3. The molecule has 1 nitrogen and oxygen atoms in total. The summed E-state index contributed by atoms with van der Waals surface area (Å²) in [6.45, 7) is 12.6. The molecule has 0 saturated heterocycles. The summed E-state index contributed by atoms with van der Waals surface area (Å²) in [5, 5.41) is 0. The van der Waals surface area contributed by atoms with E-state index in [2.05, 4.69) is 34.6 Å². The van der Waals surface area contributed by atoms with Gasteiger partial charge in [0, 0.05) is 21.1 Å². The monoisotopic (exact) mass is 686 g/mol. The molecule has 0 aliphatic heterocycles. The van der Waals surface area contributed by atoms with E-state index in [0.717, 1.165) is 6.61 Å². The Morgan fingerprint density at radius 2 is 0.650 bits per heavy atom. The molecular formula is C36H76MoOS2. The van der Waals surface area contributed by atoms with Crippen LogP contribution in [0.3, 0.4) is 0 Å². The third-order valence-corrected chi connectivity index (χ3v) is 17.3. The predicted octanol–water partition coefficient (Wildman–Crippen LogP) is 13.2. The first-order valence-corrected chi connectivity index (χ1v) is 21.3. The van der Waals surface area contributed by atoms with Gasteiger partial charge >= 0.3 is 0 Å². The van der Waals surface area contributed by atoms with Crippen LogP contribution in [0.25, 0.3) is 0 Å². The molecular weight excluding hydrogens is 608 g/mol. The Morgan fingerprint density at radius 3 is 0.925 bits per heavy atom. The summed E-state index contributed by atoms with van der Waals surface area (Å²) in [6, 6.07) is 0. The summed E-state index contributed by atoms with van der Waals surface area (Å²) in [5.41, 5.74) is 0. The molecule has 0 bridgehead atoms. The quantitative estimate of drug-likeness (QED) is 0.0343. The van der Waals surface area contributed by atoms with Crippen molar-refractivity contribution in [3.63, 3.8) is 0 Å². The van der Waals surface area contributed by atoms with Gasteiger partial charge < -0.3 is 4.74 Å². The van der Waals surface area contributed by atoms with Crippen molar-refractivity contribution >= 4 is 25.8 Å². The van der Waals surface area contributed by atoms with Crippen LogP contribution in [-0.2, 0) is 25.8 Å². The van der Waals surface area contributed by atoms with E-state index < -0.39 is 8.75 Å². The van der Waals surface area contributed by atoms with Crippen molar-refractivity contribution in [1.82, 2.24) is 0 Å². The van der Waals surface area contributed by atoms with E-state index in [1.165, 1.54) is 188 Å². The molecule has 0 rings (SSSR count). The SMILES string of the molecule is CCCCCCCOC(S)=S(CCCCCCC)(CCCCCCC)(CCCCCCC)CCCCCCC.[Mo]. The largest absolute Gasteiger partial charge is 0.336 e. The van der Waals surface area contributed by atoms with Crippen LogP contribution in [-0.4, -0.2) is 34.0 Å². The topological polar surface area (TPSA) is 9.23 Å². The first kappa shape index (κ1) is 43.3. The summed E-state index contributed by atoms with van der Waals surface area (Å²) in [5.74, 6) is 5.63. The summed E-state index contributed by atoms with van der Waals surface area (Å²) in [4.78, 5) is 0. The van der Waals surface area contributed by atoms with Crippen LogP contribution in [0.15, 0.2) is 0 Å². The van der Waals surface area contributed by atoms with Crippen LogP contribution in [0.2, 0.25) is 0 Å². The molecule has 0 aliphatic rings. The zero-order valence-electron chi connectivity index (χ0n) is 28.4. The number of rotatable bonds is 30. The van der Waals surface area contributed by atoms with Gasteiger partial charge in [-0.25, -0.2) is 8.75 Å². The smallest absolute Gasteiger partial charge is 0.116 e. The first-order chi connectivity index (χ1) is 19.0. The average molecular weight is 685 g/mol. The minimum absolute atomic E-state index is 0. The fraction of sp³-hybridized carbons (Fsp3) is 0.972. The number of hydrogen-bond donors (Lipinski definition) is 1. The average Bonchev–Trinajstić information content (AvgIpc) is 2.94. The van der Waals surface area contributed by atoms with E-state index in [1.807, 2.05) is 0 Å². The van der Waals surface area contributed by atoms with Crippen molar-refractivity contribution in [1.29, 1.82) is 0 Å². The molecule has 0 aliphatic carbocycles. The van der Waals surface area contributed by atoms with Crippen molar-refractivity contribution in [2.24, 2.45) is 0 Å². The van der Waals surface area contributed by atoms with E-state index in [1.54, 1.807) is 0 Å². The van der Waals surface area contributed by atoms with Crippen molar-refractivity contribution < 1.29 is 25.8 Å². The van der Waals surface area contributed by atoms with Gasteiger partial charge in [0.05, 0.1) is 6.61 Å². The third-order valence-electron chi connectivity index (χ3n) is 9.10. The van der Waals surface area contributed by atoms with Crippen LogP contribution in [0.5, 0.6) is 0 Å². The third kappa shape index (κ3) is 20.2. The molecule has 0 heterocycles. The summed E-state index contributed by atoms with van der Waals surface area (Å²) in [6.07, 6.45) is 34.2. The van der Waals surface area contributed by atoms with E-state index in [9.17, 15) is 0 Å². The van der Waals surface area contributed by atoms with E-state index >= 15 is 0 Å². The molecule has 244 valence electrons. The molecule has 0 radical (unpaired) electrons. The van der Waals surface area contributed by atoms with Crippen molar-refractivity contribution in [3.8, 4) is 0 Å². The van der Waals surface area contributed by atoms with Gasteiger partial charge in [0.1, 0.15) is 4.38 Å². The molecule has 0 amide bonds. The van der Waals surface area contributed by atoms with Gasteiger partial charge in [-0.05, 0) is 55.1 Å². The number of ether oxygens (including phenoxy) is 1. The Balaban J connectivity index is 0. The standard InChI is InChI=1S/C36H76OS2.Mo/c1-6-11-16-21-26-31-37-36(38)39(32-27-22-17-12-7-2,33-28-23-18-13-8-3,34-29-24-19-14-9-4)35-30-25-20-15-10-5;/h38H,6-35H2,1-5H3;. The molecule has 0 saturated carbocycles. The molecule has 0 N–H and O–H groups in total. The minimum Gasteiger partial charge on any atom is -0.336 e. The second-order valence-corrected chi connectivity index (χ2v) is 19.1. The Bertz CT molecular complexity index is 512. The van der Waals surface area contributed by atoms with Gasteiger partial charge in [-0.2, -0.15) is 0 Å². The van der Waals surface area contributed by atoms with Gasteiger partial charge in [0.15, 0.2) is 0 Å². The maximum atomic E-state index is 6.83. The van der Waals surface area contributed by atoms with E-state index in [4.69, 9.17) is 17.4 Å². The Morgan fingerprint density at radius 1 is 0.400 bits per heavy atom. The Labute approximate surface area is 274 Å². The maximum Gasteiger partial charge on any atom is 0.116 e. The molecule has 4 heteroatoms. The summed E-state index contributed by atoms with van der Waals surface area (Å²) >= 11 is 5.46. The summed E-state index contributed by atoms with van der Waals surface area (Å²) < 4.78 is 8.10. The van der Waals surface area contributed by atoms with Gasteiger partial charge in [-0.1, -0.05) is 163 Å². The van der Waals surface area contributed by atoms with Crippen LogP contribution >= 0.6 is 21.4 Å². The van der Waals surface area contributed by atoms with Crippen LogP contribution in [0, 0.1) is 0 Å². The van der Waals surface area contributed by atoms with Crippen molar-refractivity contribution in [2.45, 2.75) is 195 Å². The fourth-order valence-electron chi connectivity index (χ4n) is 6.33. The number of unbranched alkanes of at least 4 members (excludes halogenated alkanes) is 20. The van der Waals surface area contributed by atoms with E-state index in [-0.39, 0.29) is 21.1 Å². The predicted molar refractivity (Wildman–Crippen MR) is 191 cm³/mol. The number of hydrogen-bond acceptors (Lipinski definition) is 1. The van der Waals surface area contributed by atoms with Gasteiger partial charge in [0.2, 0.25) is 0 Å². The van der Waals surface area contributed by atoms with Crippen LogP contribution in [0.4, 0.5) is 0 Å². The Hall–Kier alpha value is 1.22. The molecule has 0 atom stereocenters. The van der Waals surface area contributed by atoms with Gasteiger partial charge in [-0.3, -0.25) is 0 Å². The van der Waals surface area contributed by atoms with Crippen LogP contribution in [0.1, 0.15) is 195 Å². The molecule has 40 heavy (non-hydrogen) atoms. The van der Waals surface area contributed by atoms with Gasteiger partial charge in [0.25, 0.3) is 0 Å². The zero-order chi connectivity index (χ0) is 28.9. The second-order valence-electron chi connectivity index (χ2n) is 12.8. The summed E-state index contributed by atoms with van der Waals surface area (Å²) in [7, 11) is -1.88. The van der Waals surface area contributed by atoms with Crippen molar-refractivity contribution in [3.05, 3.63) is 0 Å². The normalized spacial score (nSPS) is 12.7. The van der Waals surface area contributed by atoms with Gasteiger partial charge in [-0.15, -0.1) is 12.6 Å². The van der Waals surface area contributed by atoms with Crippen molar-refractivity contribution in [2.75, 3.05) is 29.6 Å². The van der Waals surface area contributed by atoms with E-state index in [0.29, 0.717) is 0 Å². The molecule has 0 aromatic carbocycles. The molecule has 0 aromatic rings. The Kier molecular flexibility index (Phi) is 32.8.